The minimum atomic E-state index is -4.50. The molecule has 3 aromatic carbocycles. The molecule has 0 saturated heterocycles. The Labute approximate surface area is 192 Å². The highest BCUT2D eigenvalue weighted by Crippen LogP contribution is 2.34. The fourth-order valence-corrected chi connectivity index (χ4v) is 4.90. The maximum atomic E-state index is 14.1. The summed E-state index contributed by atoms with van der Waals surface area (Å²) < 4.78 is 55.6. The molecule has 0 bridgehead atoms. The number of aromatic nitrogens is 2. The molecule has 168 valence electrons. The maximum absolute atomic E-state index is 14.1. The van der Waals surface area contributed by atoms with E-state index >= 15 is 0 Å². The number of hydrogen-bond acceptors (Lipinski definition) is 6. The Balaban J connectivity index is 1.73. The Bertz CT molecular complexity index is 1460. The van der Waals surface area contributed by atoms with Gasteiger partial charge in [0.2, 0.25) is 5.91 Å². The van der Waals surface area contributed by atoms with Crippen LogP contribution in [0.4, 0.5) is 20.3 Å². The lowest BCUT2D eigenvalue weighted by Crippen LogP contribution is -2.17. The van der Waals surface area contributed by atoms with E-state index in [1.54, 1.807) is 48.5 Å². The van der Waals surface area contributed by atoms with Crippen molar-refractivity contribution in [2.75, 3.05) is 10.0 Å². The van der Waals surface area contributed by atoms with Gasteiger partial charge >= 0.3 is 0 Å². The van der Waals surface area contributed by atoms with Crippen molar-refractivity contribution in [3.05, 3.63) is 78.4 Å². The average molecular weight is 487 g/mol. The van der Waals surface area contributed by atoms with E-state index in [1.165, 1.54) is 6.92 Å². The Morgan fingerprint density at radius 1 is 0.939 bits per heavy atom. The van der Waals surface area contributed by atoms with Gasteiger partial charge in [0, 0.05) is 17.5 Å². The number of carbonyl (C=O) groups is 1. The first-order valence-electron chi connectivity index (χ1n) is 9.51. The van der Waals surface area contributed by atoms with Gasteiger partial charge in [-0.3, -0.25) is 9.52 Å². The number of benzene rings is 3. The highest BCUT2D eigenvalue weighted by molar-refractivity contribution is 7.99. The molecular weight excluding hydrogens is 470 g/mol. The number of amides is 1. The van der Waals surface area contributed by atoms with Crippen molar-refractivity contribution >= 4 is 50.2 Å². The van der Waals surface area contributed by atoms with E-state index in [9.17, 15) is 22.0 Å². The molecule has 1 aromatic heterocycles. The summed E-state index contributed by atoms with van der Waals surface area (Å²) in [6, 6.07) is 15.8. The van der Waals surface area contributed by atoms with Crippen LogP contribution in [0, 0.1) is 11.6 Å². The van der Waals surface area contributed by atoms with Crippen LogP contribution in [0.1, 0.15) is 6.92 Å². The molecule has 0 unspecified atom stereocenters. The van der Waals surface area contributed by atoms with Crippen LogP contribution in [-0.4, -0.2) is 24.3 Å². The standard InChI is InChI=1S/C22H16F2N4O3S2/c1-13(29)25-15-7-9-16(10-8-15)32-22-21(26-18-4-2-3-5-19(18)27-22)28-33(30,31)20-12-14(23)6-11-17(20)24/h2-12H,1H3,(H,25,29)(H,26,28). The number of hydrogen-bond donors (Lipinski definition) is 2. The SMILES string of the molecule is CC(=O)Nc1ccc(Sc2nc3ccccc3nc2NS(=O)(=O)c2cc(F)ccc2F)cc1. The number of fused-ring (bicyclic) bond motifs is 1. The third-order valence-corrected chi connectivity index (χ3v) is 6.68. The third kappa shape index (κ3) is 5.26. The molecule has 0 atom stereocenters. The zero-order valence-corrected chi connectivity index (χ0v) is 18.7. The number of anilines is 2. The molecule has 2 N–H and O–H groups in total. The molecule has 0 aliphatic carbocycles. The summed E-state index contributed by atoms with van der Waals surface area (Å²) in [5.41, 5.74) is 1.54. The quantitative estimate of drug-likeness (QED) is 0.405. The van der Waals surface area contributed by atoms with Crippen LogP contribution in [0.3, 0.4) is 0 Å². The first-order valence-corrected chi connectivity index (χ1v) is 11.8. The number of nitrogens with one attached hydrogen (secondary N) is 2. The Hall–Kier alpha value is -3.57. The average Bonchev–Trinajstić information content (AvgIpc) is 2.76. The van der Waals surface area contributed by atoms with E-state index in [-0.39, 0.29) is 16.8 Å². The molecule has 1 heterocycles. The van der Waals surface area contributed by atoms with Crippen LogP contribution in [-0.2, 0) is 14.8 Å². The van der Waals surface area contributed by atoms with Crippen molar-refractivity contribution < 1.29 is 22.0 Å². The number of rotatable bonds is 6. The molecule has 0 aliphatic rings. The van der Waals surface area contributed by atoms with Gasteiger partial charge in [-0.15, -0.1) is 0 Å². The summed E-state index contributed by atoms with van der Waals surface area (Å²) in [7, 11) is -4.50. The van der Waals surface area contributed by atoms with Gasteiger partial charge in [-0.25, -0.2) is 27.2 Å². The first-order chi connectivity index (χ1) is 15.7. The smallest absolute Gasteiger partial charge is 0.266 e. The van der Waals surface area contributed by atoms with Gasteiger partial charge < -0.3 is 5.32 Å². The fourth-order valence-electron chi connectivity index (χ4n) is 2.91. The van der Waals surface area contributed by atoms with Crippen LogP contribution >= 0.6 is 11.8 Å². The summed E-state index contributed by atoms with van der Waals surface area (Å²) in [5, 5.41) is 2.87. The van der Waals surface area contributed by atoms with Crippen molar-refractivity contribution in [2.24, 2.45) is 0 Å². The topological polar surface area (TPSA) is 101 Å². The van der Waals surface area contributed by atoms with E-state index in [0.717, 1.165) is 23.9 Å². The first kappa shape index (κ1) is 22.6. The van der Waals surface area contributed by atoms with Gasteiger partial charge in [0.25, 0.3) is 10.0 Å². The molecule has 33 heavy (non-hydrogen) atoms. The van der Waals surface area contributed by atoms with Gasteiger partial charge in [0.1, 0.15) is 21.6 Å². The highest BCUT2D eigenvalue weighted by Gasteiger charge is 2.23. The van der Waals surface area contributed by atoms with Crippen molar-refractivity contribution in [3.8, 4) is 0 Å². The van der Waals surface area contributed by atoms with Crippen LogP contribution in [0.25, 0.3) is 11.0 Å². The number of para-hydroxylation sites is 2. The van der Waals surface area contributed by atoms with Crippen LogP contribution in [0.5, 0.6) is 0 Å². The Morgan fingerprint density at radius 2 is 1.61 bits per heavy atom. The molecule has 7 nitrogen and oxygen atoms in total. The summed E-state index contributed by atoms with van der Waals surface area (Å²) >= 11 is 1.12. The number of nitrogens with zero attached hydrogens (tertiary/aromatic N) is 2. The van der Waals surface area contributed by atoms with Crippen molar-refractivity contribution in [3.63, 3.8) is 0 Å². The molecule has 0 saturated carbocycles. The van der Waals surface area contributed by atoms with Crippen LogP contribution in [0.2, 0.25) is 0 Å². The van der Waals surface area contributed by atoms with Crippen molar-refractivity contribution in [1.82, 2.24) is 9.97 Å². The number of halogens is 2. The van der Waals surface area contributed by atoms with Crippen molar-refractivity contribution in [1.29, 1.82) is 0 Å². The molecule has 1 amide bonds. The van der Waals surface area contributed by atoms with Crippen LogP contribution in [0.15, 0.2) is 81.5 Å². The number of carbonyl (C=O) groups excluding carboxylic acids is 1. The maximum Gasteiger partial charge on any atom is 0.266 e. The molecule has 0 aliphatic heterocycles. The van der Waals surface area contributed by atoms with E-state index in [2.05, 4.69) is 20.0 Å². The summed E-state index contributed by atoms with van der Waals surface area (Å²) in [4.78, 5) is 19.9. The van der Waals surface area contributed by atoms with Crippen LogP contribution < -0.4 is 10.0 Å². The fraction of sp³-hybridized carbons (Fsp3) is 0.0455. The second kappa shape index (κ2) is 9.12. The minimum absolute atomic E-state index is 0.131. The Kier molecular flexibility index (Phi) is 6.25. The predicted molar refractivity (Wildman–Crippen MR) is 122 cm³/mol. The Morgan fingerprint density at radius 3 is 2.27 bits per heavy atom. The van der Waals surface area contributed by atoms with Gasteiger partial charge in [-0.1, -0.05) is 23.9 Å². The summed E-state index contributed by atoms with van der Waals surface area (Å²) in [6.07, 6.45) is 0. The second-order valence-corrected chi connectivity index (χ2v) is 9.57. The lowest BCUT2D eigenvalue weighted by Gasteiger charge is -2.13. The third-order valence-electron chi connectivity index (χ3n) is 4.34. The normalized spacial score (nSPS) is 11.4. The molecule has 0 fully saturated rings. The minimum Gasteiger partial charge on any atom is -0.326 e. The van der Waals surface area contributed by atoms with E-state index in [0.29, 0.717) is 27.7 Å². The van der Waals surface area contributed by atoms with E-state index < -0.39 is 26.6 Å². The molecule has 4 aromatic rings. The van der Waals surface area contributed by atoms with Gasteiger partial charge in [-0.05, 0) is 54.6 Å². The van der Waals surface area contributed by atoms with Gasteiger partial charge in [0.05, 0.1) is 11.0 Å². The van der Waals surface area contributed by atoms with E-state index in [4.69, 9.17) is 0 Å². The molecule has 11 heteroatoms. The number of sulfonamides is 1. The molecule has 0 spiro atoms. The zero-order valence-electron chi connectivity index (χ0n) is 17.0. The largest absolute Gasteiger partial charge is 0.326 e. The molecular formula is C22H16F2N4O3S2. The van der Waals surface area contributed by atoms with Gasteiger partial charge in [0.15, 0.2) is 5.82 Å². The van der Waals surface area contributed by atoms with E-state index in [1.807, 2.05) is 0 Å². The second-order valence-electron chi connectivity index (χ2n) is 6.85. The highest BCUT2D eigenvalue weighted by atomic mass is 32.2. The molecule has 4 rings (SSSR count). The predicted octanol–water partition coefficient (Wildman–Crippen LogP) is 4.82. The van der Waals surface area contributed by atoms with Crippen molar-refractivity contribution in [2.45, 2.75) is 21.7 Å². The summed E-state index contributed by atoms with van der Waals surface area (Å²) in [6.45, 7) is 1.40. The zero-order chi connectivity index (χ0) is 23.6. The lowest BCUT2D eigenvalue weighted by molar-refractivity contribution is -0.114. The lowest BCUT2D eigenvalue weighted by atomic mass is 10.3. The monoisotopic (exact) mass is 486 g/mol. The van der Waals surface area contributed by atoms with Gasteiger partial charge in [-0.2, -0.15) is 0 Å². The molecule has 0 radical (unpaired) electrons. The summed E-state index contributed by atoms with van der Waals surface area (Å²) in [5.74, 6) is -2.33.